The summed E-state index contributed by atoms with van der Waals surface area (Å²) >= 11 is 0. The highest BCUT2D eigenvalue weighted by atomic mass is 16.6. The first-order chi connectivity index (χ1) is 11.0. The molecule has 0 aromatic rings. The SMILES string of the molecule is C=CC(=O)O[C@H](C)[C@H](C=C)CN(CC(=O)OC)C(=O)OC(C)(C)C. The number of carbonyl (C=O) groups is 3. The van der Waals surface area contributed by atoms with Crippen LogP contribution >= 0.6 is 0 Å². The van der Waals surface area contributed by atoms with Crippen molar-refractivity contribution in [3.8, 4) is 0 Å². The van der Waals surface area contributed by atoms with Gasteiger partial charge in [-0.15, -0.1) is 6.58 Å². The highest BCUT2D eigenvalue weighted by Gasteiger charge is 2.28. The smallest absolute Gasteiger partial charge is 0.410 e. The summed E-state index contributed by atoms with van der Waals surface area (Å²) < 4.78 is 15.0. The molecular weight excluding hydrogens is 314 g/mol. The van der Waals surface area contributed by atoms with Gasteiger partial charge in [-0.1, -0.05) is 12.7 Å². The van der Waals surface area contributed by atoms with E-state index in [4.69, 9.17) is 9.47 Å². The Kier molecular flexibility index (Phi) is 8.81. The third kappa shape index (κ3) is 8.36. The van der Waals surface area contributed by atoms with E-state index in [1.807, 2.05) is 0 Å². The number of rotatable bonds is 8. The first-order valence-corrected chi connectivity index (χ1v) is 7.54. The predicted octanol–water partition coefficient (Wildman–Crippen LogP) is 2.32. The molecule has 0 saturated carbocycles. The van der Waals surface area contributed by atoms with Crippen LogP contribution in [0.1, 0.15) is 27.7 Å². The summed E-state index contributed by atoms with van der Waals surface area (Å²) in [5, 5.41) is 0. The topological polar surface area (TPSA) is 82.1 Å². The minimum Gasteiger partial charge on any atom is -0.468 e. The average molecular weight is 341 g/mol. The fraction of sp³-hybridized carbons (Fsp3) is 0.588. The van der Waals surface area contributed by atoms with E-state index >= 15 is 0 Å². The van der Waals surface area contributed by atoms with E-state index in [1.54, 1.807) is 33.8 Å². The van der Waals surface area contributed by atoms with E-state index in [9.17, 15) is 14.4 Å². The van der Waals surface area contributed by atoms with Crippen LogP contribution in [0.2, 0.25) is 0 Å². The van der Waals surface area contributed by atoms with E-state index in [2.05, 4.69) is 17.9 Å². The maximum atomic E-state index is 12.3. The Balaban J connectivity index is 5.14. The molecule has 24 heavy (non-hydrogen) atoms. The van der Waals surface area contributed by atoms with Gasteiger partial charge >= 0.3 is 18.0 Å². The summed E-state index contributed by atoms with van der Waals surface area (Å²) in [7, 11) is 1.23. The number of nitrogens with zero attached hydrogens (tertiary/aromatic N) is 1. The van der Waals surface area contributed by atoms with Gasteiger partial charge in [-0.2, -0.15) is 0 Å². The Bertz CT molecular complexity index is 480. The summed E-state index contributed by atoms with van der Waals surface area (Å²) in [6, 6.07) is 0. The van der Waals surface area contributed by atoms with Gasteiger partial charge in [0.1, 0.15) is 18.2 Å². The van der Waals surface area contributed by atoms with Crippen molar-refractivity contribution in [2.24, 2.45) is 5.92 Å². The van der Waals surface area contributed by atoms with Crippen molar-refractivity contribution >= 4 is 18.0 Å². The average Bonchev–Trinajstić information content (AvgIpc) is 2.48. The standard InChI is InChI=1S/C17H27NO6/c1-8-13(12(3)23-14(19)9-2)10-18(11-15(20)22-7)16(21)24-17(4,5)6/h8-9,12-13H,1-2,10-11H2,3-7H3/t12-,13-/m1/s1. The zero-order chi connectivity index (χ0) is 18.9. The summed E-state index contributed by atoms with van der Waals surface area (Å²) in [6.07, 6.45) is 1.38. The van der Waals surface area contributed by atoms with Gasteiger partial charge < -0.3 is 14.2 Å². The molecule has 0 unspecified atom stereocenters. The van der Waals surface area contributed by atoms with E-state index < -0.39 is 35.7 Å². The third-order valence-electron chi connectivity index (χ3n) is 3.00. The van der Waals surface area contributed by atoms with Crippen LogP contribution in [0, 0.1) is 5.92 Å². The molecule has 0 aromatic carbocycles. The molecule has 0 aromatic heterocycles. The molecule has 7 heteroatoms. The zero-order valence-electron chi connectivity index (χ0n) is 15.0. The minimum atomic E-state index is -0.712. The highest BCUT2D eigenvalue weighted by Crippen LogP contribution is 2.15. The quantitative estimate of drug-likeness (QED) is 0.292. The van der Waals surface area contributed by atoms with Crippen molar-refractivity contribution < 1.29 is 28.6 Å². The molecule has 0 spiro atoms. The van der Waals surface area contributed by atoms with Crippen LogP contribution in [0.5, 0.6) is 0 Å². The van der Waals surface area contributed by atoms with Gasteiger partial charge in [0.05, 0.1) is 7.11 Å². The molecule has 0 aliphatic heterocycles. The number of amides is 1. The Labute approximate surface area is 143 Å². The second kappa shape index (κ2) is 9.75. The molecule has 0 fully saturated rings. The number of hydrogen-bond acceptors (Lipinski definition) is 6. The maximum Gasteiger partial charge on any atom is 0.410 e. The third-order valence-corrected chi connectivity index (χ3v) is 3.00. The largest absolute Gasteiger partial charge is 0.468 e. The normalized spacial score (nSPS) is 13.2. The van der Waals surface area contributed by atoms with Crippen LogP contribution in [0.4, 0.5) is 4.79 Å². The lowest BCUT2D eigenvalue weighted by Crippen LogP contribution is -2.44. The van der Waals surface area contributed by atoms with E-state index in [1.165, 1.54) is 12.0 Å². The Morgan fingerprint density at radius 3 is 2.21 bits per heavy atom. The summed E-state index contributed by atoms with van der Waals surface area (Å²) in [5.41, 5.74) is -0.712. The number of hydrogen-bond donors (Lipinski definition) is 0. The van der Waals surface area contributed by atoms with Crippen LogP contribution < -0.4 is 0 Å². The molecule has 0 saturated heterocycles. The van der Waals surface area contributed by atoms with Gasteiger partial charge in [0.2, 0.25) is 0 Å². The fourth-order valence-corrected chi connectivity index (χ4v) is 1.74. The van der Waals surface area contributed by atoms with Crippen LogP contribution in [-0.2, 0) is 23.8 Å². The van der Waals surface area contributed by atoms with Gasteiger partial charge in [0.15, 0.2) is 0 Å². The Hall–Kier alpha value is -2.31. The number of carbonyl (C=O) groups excluding carboxylic acids is 3. The van der Waals surface area contributed by atoms with Crippen molar-refractivity contribution in [1.29, 1.82) is 0 Å². The van der Waals surface area contributed by atoms with Crippen molar-refractivity contribution in [2.75, 3.05) is 20.2 Å². The molecule has 0 aliphatic carbocycles. The van der Waals surface area contributed by atoms with Gasteiger partial charge in [0, 0.05) is 18.5 Å². The Morgan fingerprint density at radius 1 is 1.21 bits per heavy atom. The summed E-state index contributed by atoms with van der Waals surface area (Å²) in [6.45, 7) is 13.7. The first-order valence-electron chi connectivity index (χ1n) is 7.54. The fourth-order valence-electron chi connectivity index (χ4n) is 1.74. The van der Waals surface area contributed by atoms with Crippen molar-refractivity contribution in [3.05, 3.63) is 25.3 Å². The monoisotopic (exact) mass is 341 g/mol. The lowest BCUT2D eigenvalue weighted by molar-refractivity contribution is -0.145. The maximum absolute atomic E-state index is 12.3. The van der Waals surface area contributed by atoms with E-state index in [0.29, 0.717) is 0 Å². The second-order valence-electron chi connectivity index (χ2n) is 6.18. The molecule has 0 aliphatic rings. The molecular formula is C17H27NO6. The van der Waals surface area contributed by atoms with E-state index in [-0.39, 0.29) is 13.1 Å². The van der Waals surface area contributed by atoms with E-state index in [0.717, 1.165) is 6.08 Å². The number of ether oxygens (including phenoxy) is 3. The first kappa shape index (κ1) is 21.7. The van der Waals surface area contributed by atoms with Crippen molar-refractivity contribution in [1.82, 2.24) is 4.90 Å². The van der Waals surface area contributed by atoms with Crippen LogP contribution in [0.25, 0.3) is 0 Å². The van der Waals surface area contributed by atoms with Gasteiger partial charge in [-0.25, -0.2) is 9.59 Å². The number of esters is 2. The number of methoxy groups -OCH3 is 1. The summed E-state index contributed by atoms with van der Waals surface area (Å²) in [5.74, 6) is -1.56. The van der Waals surface area contributed by atoms with Crippen LogP contribution in [-0.4, -0.2) is 54.8 Å². The minimum absolute atomic E-state index is 0.0824. The van der Waals surface area contributed by atoms with Crippen LogP contribution in [0.15, 0.2) is 25.3 Å². The second-order valence-corrected chi connectivity index (χ2v) is 6.18. The molecule has 136 valence electrons. The van der Waals surface area contributed by atoms with Gasteiger partial charge in [0.25, 0.3) is 0 Å². The van der Waals surface area contributed by atoms with Crippen molar-refractivity contribution in [3.63, 3.8) is 0 Å². The zero-order valence-corrected chi connectivity index (χ0v) is 15.0. The molecule has 0 heterocycles. The molecule has 2 atom stereocenters. The molecule has 0 N–H and O–H groups in total. The molecule has 0 bridgehead atoms. The summed E-state index contributed by atoms with van der Waals surface area (Å²) in [4.78, 5) is 36.4. The molecule has 1 amide bonds. The molecule has 0 rings (SSSR count). The van der Waals surface area contributed by atoms with Crippen LogP contribution in [0.3, 0.4) is 0 Å². The lowest BCUT2D eigenvalue weighted by Gasteiger charge is -2.30. The van der Waals surface area contributed by atoms with Gasteiger partial charge in [-0.3, -0.25) is 9.69 Å². The highest BCUT2D eigenvalue weighted by molar-refractivity contribution is 5.81. The predicted molar refractivity (Wildman–Crippen MR) is 89.3 cm³/mol. The lowest BCUT2D eigenvalue weighted by atomic mass is 10.0. The molecule has 0 radical (unpaired) electrons. The van der Waals surface area contributed by atoms with Gasteiger partial charge in [-0.05, 0) is 27.7 Å². The Morgan fingerprint density at radius 2 is 1.79 bits per heavy atom. The molecule has 7 nitrogen and oxygen atoms in total. The van der Waals surface area contributed by atoms with Crippen molar-refractivity contribution in [2.45, 2.75) is 39.4 Å².